The van der Waals surface area contributed by atoms with E-state index in [0.29, 0.717) is 12.2 Å². The molecule has 0 unspecified atom stereocenters. The minimum absolute atomic E-state index is 0.144. The fourth-order valence-electron chi connectivity index (χ4n) is 2.14. The lowest BCUT2D eigenvalue weighted by molar-refractivity contribution is -0.143. The summed E-state index contributed by atoms with van der Waals surface area (Å²) in [4.78, 5) is 25.7. The third kappa shape index (κ3) is 5.48. The van der Waals surface area contributed by atoms with Crippen molar-refractivity contribution in [3.05, 3.63) is 29.3 Å². The van der Waals surface area contributed by atoms with Crippen LogP contribution in [0.4, 0.5) is 5.69 Å². The van der Waals surface area contributed by atoms with Gasteiger partial charge >= 0.3 is 11.8 Å². The first-order chi connectivity index (χ1) is 10.5. The molecule has 122 valence electrons. The minimum Gasteiger partial charge on any atom is -0.395 e. The molecule has 0 aliphatic rings. The molecular formula is C17H26N2O3. The summed E-state index contributed by atoms with van der Waals surface area (Å²) in [6.45, 7) is 6.55. The smallest absolute Gasteiger partial charge is 0.313 e. The maximum Gasteiger partial charge on any atom is 0.313 e. The van der Waals surface area contributed by atoms with Crippen LogP contribution in [0.3, 0.4) is 0 Å². The van der Waals surface area contributed by atoms with Crippen LogP contribution in [0.15, 0.2) is 18.2 Å². The molecule has 0 aromatic heterocycles. The molecule has 0 saturated carbocycles. The number of unbranched alkanes of at least 4 members (excludes halogenated alkanes) is 2. The molecule has 0 fully saturated rings. The van der Waals surface area contributed by atoms with Gasteiger partial charge in [0.1, 0.15) is 0 Å². The zero-order chi connectivity index (χ0) is 16.5. The van der Waals surface area contributed by atoms with Crippen LogP contribution in [-0.4, -0.2) is 41.5 Å². The number of hydrogen-bond donors (Lipinski definition) is 2. The van der Waals surface area contributed by atoms with E-state index in [4.69, 9.17) is 5.11 Å². The zero-order valence-electron chi connectivity index (χ0n) is 13.7. The Hall–Kier alpha value is -1.88. The predicted octanol–water partition coefficient (Wildman–Crippen LogP) is 2.25. The molecule has 1 aromatic rings. The van der Waals surface area contributed by atoms with Crippen molar-refractivity contribution < 1.29 is 14.7 Å². The van der Waals surface area contributed by atoms with Crippen molar-refractivity contribution in [3.63, 3.8) is 0 Å². The first-order valence-electron chi connectivity index (χ1n) is 7.78. The van der Waals surface area contributed by atoms with Crippen LogP contribution in [0.5, 0.6) is 0 Å². The normalized spacial score (nSPS) is 10.4. The fourth-order valence-corrected chi connectivity index (χ4v) is 2.14. The van der Waals surface area contributed by atoms with Crippen LogP contribution in [0.1, 0.15) is 37.3 Å². The molecule has 0 radical (unpaired) electrons. The Bertz CT molecular complexity index is 515. The van der Waals surface area contributed by atoms with Gasteiger partial charge in [-0.1, -0.05) is 25.8 Å². The predicted molar refractivity (Wildman–Crippen MR) is 87.7 cm³/mol. The highest BCUT2D eigenvalue weighted by Crippen LogP contribution is 2.14. The first-order valence-corrected chi connectivity index (χ1v) is 7.78. The Morgan fingerprint density at radius 3 is 2.45 bits per heavy atom. The van der Waals surface area contributed by atoms with Gasteiger partial charge in [0.25, 0.3) is 0 Å². The zero-order valence-corrected chi connectivity index (χ0v) is 13.7. The van der Waals surface area contributed by atoms with Crippen LogP contribution < -0.4 is 5.32 Å². The number of aryl methyl sites for hydroxylation is 2. The van der Waals surface area contributed by atoms with Crippen molar-refractivity contribution >= 4 is 17.5 Å². The molecule has 0 aliphatic heterocycles. The van der Waals surface area contributed by atoms with E-state index < -0.39 is 11.8 Å². The number of anilines is 1. The Morgan fingerprint density at radius 2 is 1.86 bits per heavy atom. The second-order valence-electron chi connectivity index (χ2n) is 5.48. The van der Waals surface area contributed by atoms with Crippen molar-refractivity contribution in [1.29, 1.82) is 0 Å². The number of nitrogens with one attached hydrogen (secondary N) is 1. The van der Waals surface area contributed by atoms with Crippen LogP contribution in [0.25, 0.3) is 0 Å². The molecule has 0 bridgehead atoms. The molecule has 1 rings (SSSR count). The second-order valence-corrected chi connectivity index (χ2v) is 5.48. The monoisotopic (exact) mass is 306 g/mol. The number of nitrogens with zero attached hydrogens (tertiary/aromatic N) is 1. The topological polar surface area (TPSA) is 69.6 Å². The molecule has 5 heteroatoms. The van der Waals surface area contributed by atoms with E-state index in [1.165, 1.54) is 4.90 Å². The van der Waals surface area contributed by atoms with E-state index in [2.05, 4.69) is 12.2 Å². The van der Waals surface area contributed by atoms with E-state index in [0.717, 1.165) is 30.4 Å². The standard InChI is InChI=1S/C17H26N2O3/c1-4-5-6-9-19(10-11-20)17(22)16(21)18-15-8-7-13(2)14(3)12-15/h7-8,12,20H,4-6,9-11H2,1-3H3,(H,18,21). The van der Waals surface area contributed by atoms with Crippen LogP contribution in [-0.2, 0) is 9.59 Å². The minimum atomic E-state index is -0.659. The maximum absolute atomic E-state index is 12.2. The number of aliphatic hydroxyl groups excluding tert-OH is 1. The van der Waals surface area contributed by atoms with Gasteiger partial charge in [0.2, 0.25) is 0 Å². The van der Waals surface area contributed by atoms with Gasteiger partial charge in [-0.2, -0.15) is 0 Å². The number of carbonyl (C=O) groups excluding carboxylic acids is 2. The molecular weight excluding hydrogens is 280 g/mol. The highest BCUT2D eigenvalue weighted by atomic mass is 16.3. The molecule has 2 amide bonds. The van der Waals surface area contributed by atoms with E-state index in [1.54, 1.807) is 6.07 Å². The van der Waals surface area contributed by atoms with Gasteiger partial charge in [0.15, 0.2) is 0 Å². The number of rotatable bonds is 7. The Morgan fingerprint density at radius 1 is 1.14 bits per heavy atom. The van der Waals surface area contributed by atoms with Crippen LogP contribution in [0.2, 0.25) is 0 Å². The summed E-state index contributed by atoms with van der Waals surface area (Å²) >= 11 is 0. The summed E-state index contributed by atoms with van der Waals surface area (Å²) in [5.74, 6) is -1.25. The Kier molecular flexibility index (Phi) is 7.60. The van der Waals surface area contributed by atoms with Gasteiger partial charge in [-0.3, -0.25) is 9.59 Å². The van der Waals surface area contributed by atoms with Crippen molar-refractivity contribution in [2.45, 2.75) is 40.0 Å². The third-order valence-corrected chi connectivity index (χ3v) is 3.65. The second kappa shape index (κ2) is 9.20. The number of carbonyl (C=O) groups is 2. The Balaban J connectivity index is 2.67. The molecule has 0 aliphatic carbocycles. The van der Waals surface area contributed by atoms with E-state index in [1.807, 2.05) is 26.0 Å². The number of hydrogen-bond acceptors (Lipinski definition) is 3. The third-order valence-electron chi connectivity index (χ3n) is 3.65. The first kappa shape index (κ1) is 18.2. The summed E-state index contributed by atoms with van der Waals surface area (Å²) in [7, 11) is 0. The van der Waals surface area contributed by atoms with E-state index in [-0.39, 0.29) is 13.2 Å². The summed E-state index contributed by atoms with van der Waals surface area (Å²) in [6.07, 6.45) is 2.86. The fraction of sp³-hybridized carbons (Fsp3) is 0.529. The Labute approximate surface area is 132 Å². The van der Waals surface area contributed by atoms with E-state index in [9.17, 15) is 9.59 Å². The highest BCUT2D eigenvalue weighted by molar-refractivity contribution is 6.39. The molecule has 22 heavy (non-hydrogen) atoms. The number of benzene rings is 1. The van der Waals surface area contributed by atoms with Gasteiger partial charge in [-0.25, -0.2) is 0 Å². The van der Waals surface area contributed by atoms with Crippen molar-refractivity contribution in [1.82, 2.24) is 4.90 Å². The number of aliphatic hydroxyl groups is 1. The molecule has 5 nitrogen and oxygen atoms in total. The van der Waals surface area contributed by atoms with Crippen molar-refractivity contribution in [3.8, 4) is 0 Å². The summed E-state index contributed by atoms with van der Waals surface area (Å²) in [5.41, 5.74) is 2.80. The lowest BCUT2D eigenvalue weighted by Gasteiger charge is -2.21. The van der Waals surface area contributed by atoms with E-state index >= 15 is 0 Å². The van der Waals surface area contributed by atoms with Gasteiger partial charge in [-0.05, 0) is 43.5 Å². The highest BCUT2D eigenvalue weighted by Gasteiger charge is 2.21. The molecule has 0 atom stereocenters. The van der Waals surface area contributed by atoms with Crippen LogP contribution in [0, 0.1) is 13.8 Å². The van der Waals surface area contributed by atoms with Crippen molar-refractivity contribution in [2.75, 3.05) is 25.0 Å². The van der Waals surface area contributed by atoms with Gasteiger partial charge in [0, 0.05) is 18.8 Å². The summed E-state index contributed by atoms with van der Waals surface area (Å²) < 4.78 is 0. The van der Waals surface area contributed by atoms with Crippen LogP contribution >= 0.6 is 0 Å². The summed E-state index contributed by atoms with van der Waals surface area (Å²) in [5, 5.41) is 11.7. The molecule has 0 saturated heterocycles. The SMILES string of the molecule is CCCCCN(CCO)C(=O)C(=O)Nc1ccc(C)c(C)c1. The molecule has 0 spiro atoms. The lowest BCUT2D eigenvalue weighted by atomic mass is 10.1. The quantitative estimate of drug-likeness (QED) is 0.599. The molecule has 2 N–H and O–H groups in total. The largest absolute Gasteiger partial charge is 0.395 e. The summed E-state index contributed by atoms with van der Waals surface area (Å²) in [6, 6.07) is 5.52. The van der Waals surface area contributed by atoms with Crippen molar-refractivity contribution in [2.24, 2.45) is 0 Å². The average Bonchev–Trinajstić information content (AvgIpc) is 2.49. The maximum atomic E-state index is 12.2. The molecule has 1 aromatic carbocycles. The molecule has 0 heterocycles. The van der Waals surface area contributed by atoms with Gasteiger partial charge < -0.3 is 15.3 Å². The average molecular weight is 306 g/mol. The number of amides is 2. The van der Waals surface area contributed by atoms with Gasteiger partial charge in [-0.15, -0.1) is 0 Å². The van der Waals surface area contributed by atoms with Gasteiger partial charge in [0.05, 0.1) is 6.61 Å². The lowest BCUT2D eigenvalue weighted by Crippen LogP contribution is -2.41.